The predicted molar refractivity (Wildman–Crippen MR) is 83.1 cm³/mol. The summed E-state index contributed by atoms with van der Waals surface area (Å²) in [7, 11) is -4.15. The maximum absolute atomic E-state index is 13.6. The quantitative estimate of drug-likeness (QED) is 0.772. The summed E-state index contributed by atoms with van der Waals surface area (Å²) in [6.45, 7) is -0.827. The van der Waals surface area contributed by atoms with Gasteiger partial charge in [-0.3, -0.25) is 4.79 Å². The molecular weight excluding hydrogens is 358 g/mol. The van der Waals surface area contributed by atoms with Gasteiger partial charge in [-0.15, -0.1) is 0 Å². The molecule has 25 heavy (non-hydrogen) atoms. The third kappa shape index (κ3) is 4.81. The summed E-state index contributed by atoms with van der Waals surface area (Å²) in [6, 6.07) is 7.63. The molecular formula is C15H12F2N2O5S. The highest BCUT2D eigenvalue weighted by atomic mass is 32.2. The third-order valence-corrected chi connectivity index (χ3v) is 3.88. The van der Waals surface area contributed by atoms with Crippen molar-refractivity contribution in [1.29, 1.82) is 0 Å². The Balaban J connectivity index is 2.05. The number of nitrogens with two attached hydrogens (primary N) is 1. The molecule has 0 atom stereocenters. The van der Waals surface area contributed by atoms with Gasteiger partial charge >= 0.3 is 5.97 Å². The first kappa shape index (κ1) is 18.5. The molecule has 0 aromatic heterocycles. The molecule has 7 nitrogen and oxygen atoms in total. The van der Waals surface area contributed by atoms with Crippen molar-refractivity contribution in [2.45, 2.75) is 4.90 Å². The van der Waals surface area contributed by atoms with E-state index in [1.165, 1.54) is 18.2 Å². The van der Waals surface area contributed by atoms with Crippen LogP contribution in [0.1, 0.15) is 10.4 Å². The molecule has 2 aromatic rings. The maximum atomic E-state index is 13.6. The first-order chi connectivity index (χ1) is 11.7. The van der Waals surface area contributed by atoms with Gasteiger partial charge in [0, 0.05) is 0 Å². The fourth-order valence-electron chi connectivity index (χ4n) is 1.80. The average molecular weight is 370 g/mol. The lowest BCUT2D eigenvalue weighted by atomic mass is 10.2. The lowest BCUT2D eigenvalue weighted by Crippen LogP contribution is -2.22. The molecule has 0 aliphatic rings. The van der Waals surface area contributed by atoms with Crippen LogP contribution in [0, 0.1) is 11.6 Å². The summed E-state index contributed by atoms with van der Waals surface area (Å²) in [4.78, 5) is 23.0. The van der Waals surface area contributed by atoms with E-state index in [9.17, 15) is 26.8 Å². The molecule has 0 unspecified atom stereocenters. The molecule has 0 heterocycles. The fourth-order valence-corrected chi connectivity index (χ4v) is 2.34. The van der Waals surface area contributed by atoms with Crippen molar-refractivity contribution in [3.8, 4) is 0 Å². The Labute approximate surface area is 141 Å². The number of amides is 1. The highest BCUT2D eigenvalue weighted by Gasteiger charge is 2.19. The summed E-state index contributed by atoms with van der Waals surface area (Å²) < 4.78 is 54.1. The molecule has 2 rings (SSSR count). The first-order valence-electron chi connectivity index (χ1n) is 6.72. The number of rotatable bonds is 5. The summed E-state index contributed by atoms with van der Waals surface area (Å²) >= 11 is 0. The summed E-state index contributed by atoms with van der Waals surface area (Å²) in [5.74, 6) is -3.87. The summed E-state index contributed by atoms with van der Waals surface area (Å²) in [5, 5.41) is 7.06. The second-order valence-electron chi connectivity index (χ2n) is 4.79. The van der Waals surface area contributed by atoms with Crippen LogP contribution in [0.3, 0.4) is 0 Å². The van der Waals surface area contributed by atoms with Crippen LogP contribution in [-0.2, 0) is 19.6 Å². The lowest BCUT2D eigenvalue weighted by molar-refractivity contribution is -0.119. The molecule has 0 bridgehead atoms. The van der Waals surface area contributed by atoms with Crippen LogP contribution in [0.25, 0.3) is 0 Å². The van der Waals surface area contributed by atoms with Crippen molar-refractivity contribution in [2.24, 2.45) is 5.14 Å². The van der Waals surface area contributed by atoms with Gasteiger partial charge in [-0.05, 0) is 30.3 Å². The number of hydrogen-bond donors (Lipinski definition) is 2. The van der Waals surface area contributed by atoms with Crippen LogP contribution in [-0.4, -0.2) is 26.9 Å². The molecule has 0 aliphatic carbocycles. The predicted octanol–water partition coefficient (Wildman–Crippen LogP) is 1.41. The highest BCUT2D eigenvalue weighted by Crippen LogP contribution is 2.15. The van der Waals surface area contributed by atoms with E-state index < -0.39 is 50.6 Å². The zero-order valence-electron chi connectivity index (χ0n) is 12.5. The molecule has 0 spiro atoms. The molecule has 0 saturated heterocycles. The van der Waals surface area contributed by atoms with Crippen LogP contribution >= 0.6 is 0 Å². The van der Waals surface area contributed by atoms with Gasteiger partial charge in [0.1, 0.15) is 11.6 Å². The van der Waals surface area contributed by atoms with Gasteiger partial charge in [0.2, 0.25) is 10.0 Å². The summed E-state index contributed by atoms with van der Waals surface area (Å²) in [6.07, 6.45) is 0. The van der Waals surface area contributed by atoms with Crippen molar-refractivity contribution >= 4 is 27.6 Å². The van der Waals surface area contributed by atoms with Crippen molar-refractivity contribution in [3.63, 3.8) is 0 Å². The van der Waals surface area contributed by atoms with E-state index >= 15 is 0 Å². The molecule has 132 valence electrons. The number of primary sulfonamides is 1. The van der Waals surface area contributed by atoms with E-state index in [2.05, 4.69) is 10.1 Å². The molecule has 0 fully saturated rings. The van der Waals surface area contributed by atoms with Gasteiger partial charge in [-0.1, -0.05) is 12.1 Å². The number of esters is 1. The van der Waals surface area contributed by atoms with Crippen LogP contribution in [0.4, 0.5) is 14.5 Å². The topological polar surface area (TPSA) is 116 Å². The van der Waals surface area contributed by atoms with Crippen molar-refractivity contribution in [3.05, 3.63) is 59.7 Å². The number of carbonyl (C=O) groups excluding carboxylic acids is 2. The van der Waals surface area contributed by atoms with E-state index in [1.807, 2.05) is 0 Å². The highest BCUT2D eigenvalue weighted by molar-refractivity contribution is 7.89. The molecule has 10 heteroatoms. The van der Waals surface area contributed by atoms with Crippen molar-refractivity contribution < 1.29 is 31.5 Å². The number of halogens is 2. The maximum Gasteiger partial charge on any atom is 0.341 e. The summed E-state index contributed by atoms with van der Waals surface area (Å²) in [5.41, 5.74) is -0.823. The molecule has 2 aromatic carbocycles. The third-order valence-electron chi connectivity index (χ3n) is 2.97. The minimum atomic E-state index is -4.15. The fraction of sp³-hybridized carbons (Fsp3) is 0.0667. The Hall–Kier alpha value is -2.85. The van der Waals surface area contributed by atoms with Gasteiger partial charge < -0.3 is 10.1 Å². The number of sulfonamides is 1. The number of ether oxygens (including phenoxy) is 1. The van der Waals surface area contributed by atoms with E-state index in [1.54, 1.807) is 0 Å². The number of anilines is 1. The second kappa shape index (κ2) is 7.36. The number of benzene rings is 2. The van der Waals surface area contributed by atoms with Crippen molar-refractivity contribution in [2.75, 3.05) is 11.9 Å². The van der Waals surface area contributed by atoms with E-state index in [0.717, 1.165) is 18.2 Å². The van der Waals surface area contributed by atoms with Gasteiger partial charge in [-0.2, -0.15) is 0 Å². The number of nitrogens with one attached hydrogen (secondary N) is 1. The smallest absolute Gasteiger partial charge is 0.341 e. The molecule has 0 saturated carbocycles. The van der Waals surface area contributed by atoms with E-state index in [4.69, 9.17) is 5.14 Å². The Morgan fingerprint density at radius 1 is 1.08 bits per heavy atom. The first-order valence-corrected chi connectivity index (χ1v) is 8.27. The van der Waals surface area contributed by atoms with Gasteiger partial charge in [0.25, 0.3) is 5.91 Å². The number of para-hydroxylation sites is 1. The zero-order chi connectivity index (χ0) is 18.6. The minimum Gasteiger partial charge on any atom is -0.452 e. The molecule has 0 radical (unpaired) electrons. The Kier molecular flexibility index (Phi) is 5.45. The second-order valence-corrected chi connectivity index (χ2v) is 6.35. The largest absolute Gasteiger partial charge is 0.452 e. The monoisotopic (exact) mass is 370 g/mol. The van der Waals surface area contributed by atoms with Gasteiger partial charge in [0.15, 0.2) is 6.61 Å². The molecule has 1 amide bonds. The Morgan fingerprint density at radius 3 is 2.40 bits per heavy atom. The van der Waals surface area contributed by atoms with Gasteiger partial charge in [0.05, 0.1) is 16.1 Å². The Morgan fingerprint density at radius 2 is 1.76 bits per heavy atom. The Bertz CT molecular complexity index is 931. The van der Waals surface area contributed by atoms with Gasteiger partial charge in [-0.25, -0.2) is 27.1 Å². The van der Waals surface area contributed by atoms with Crippen LogP contribution in [0.5, 0.6) is 0 Å². The van der Waals surface area contributed by atoms with E-state index in [0.29, 0.717) is 6.07 Å². The van der Waals surface area contributed by atoms with Crippen molar-refractivity contribution in [1.82, 2.24) is 0 Å². The van der Waals surface area contributed by atoms with Crippen LogP contribution in [0.15, 0.2) is 47.4 Å². The molecule has 3 N–H and O–H groups in total. The normalized spacial score (nSPS) is 11.0. The molecule has 0 aliphatic heterocycles. The average Bonchev–Trinajstić information content (AvgIpc) is 2.54. The van der Waals surface area contributed by atoms with Crippen LogP contribution < -0.4 is 10.5 Å². The minimum absolute atomic E-state index is 0.119. The standard InChI is InChI=1S/C15H12F2N2O5S/c16-11-6-5-9(25(18,22)23)7-10(11)15(21)24-8-14(20)19-13-4-2-1-3-12(13)17/h1-7H,8H2,(H,19,20)(H2,18,22,23). The number of carbonyl (C=O) groups is 2. The lowest BCUT2D eigenvalue weighted by Gasteiger charge is -2.08. The SMILES string of the molecule is NS(=O)(=O)c1ccc(F)c(C(=O)OCC(=O)Nc2ccccc2F)c1. The van der Waals surface area contributed by atoms with Crippen LogP contribution in [0.2, 0.25) is 0 Å². The number of hydrogen-bond acceptors (Lipinski definition) is 5. The zero-order valence-corrected chi connectivity index (χ0v) is 13.3. The van der Waals surface area contributed by atoms with E-state index in [-0.39, 0.29) is 5.69 Å².